The van der Waals surface area contributed by atoms with E-state index in [1.165, 1.54) is 22.4 Å². The number of rotatable bonds is 3. The van der Waals surface area contributed by atoms with Crippen molar-refractivity contribution in [1.82, 2.24) is 5.32 Å². The number of hydrogen-bond donors (Lipinski definition) is 1. The quantitative estimate of drug-likeness (QED) is 0.886. The number of anilines is 1. The lowest BCUT2D eigenvalue weighted by Crippen LogP contribution is -2.47. The zero-order valence-corrected chi connectivity index (χ0v) is 11.9. The first-order valence-electron chi connectivity index (χ1n) is 6.68. The maximum absolute atomic E-state index is 5.50. The van der Waals surface area contributed by atoms with Crippen LogP contribution in [-0.4, -0.2) is 39.4 Å². The lowest BCUT2D eigenvalue weighted by molar-refractivity contribution is 0.0791. The molecule has 1 heterocycles. The molecular weight excluding hydrogens is 224 g/mol. The first kappa shape index (κ1) is 13.4. The second-order valence-electron chi connectivity index (χ2n) is 5.26. The summed E-state index contributed by atoms with van der Waals surface area (Å²) in [6, 6.07) is 4.87. The van der Waals surface area contributed by atoms with Crippen molar-refractivity contribution >= 4 is 5.69 Å². The molecule has 1 N–H and O–H groups in total. The van der Waals surface area contributed by atoms with Crippen LogP contribution in [0.25, 0.3) is 0 Å². The lowest BCUT2D eigenvalue weighted by Gasteiger charge is -2.30. The number of benzene rings is 1. The summed E-state index contributed by atoms with van der Waals surface area (Å²) in [5.74, 6) is 0. The topological polar surface area (TPSA) is 24.5 Å². The molecular formula is C15H24N2O. The van der Waals surface area contributed by atoms with E-state index in [1.807, 2.05) is 0 Å². The summed E-state index contributed by atoms with van der Waals surface area (Å²) in [6.45, 7) is 10.2. The van der Waals surface area contributed by atoms with Crippen LogP contribution in [-0.2, 0) is 4.74 Å². The van der Waals surface area contributed by atoms with Gasteiger partial charge in [0.25, 0.3) is 0 Å². The molecule has 1 unspecified atom stereocenters. The van der Waals surface area contributed by atoms with Gasteiger partial charge in [0, 0.05) is 31.9 Å². The van der Waals surface area contributed by atoms with Gasteiger partial charge >= 0.3 is 0 Å². The number of nitrogens with one attached hydrogen (secondary N) is 1. The molecule has 0 radical (unpaired) electrons. The monoisotopic (exact) mass is 248 g/mol. The average molecular weight is 248 g/mol. The molecule has 3 heteroatoms. The zero-order chi connectivity index (χ0) is 13.1. The third kappa shape index (κ3) is 2.85. The highest BCUT2D eigenvalue weighted by Crippen LogP contribution is 2.24. The maximum Gasteiger partial charge on any atom is 0.0637 e. The van der Waals surface area contributed by atoms with Crippen LogP contribution in [0.1, 0.15) is 16.7 Å². The van der Waals surface area contributed by atoms with Crippen LogP contribution in [0.2, 0.25) is 0 Å². The molecule has 1 aliphatic rings. The molecule has 0 aliphatic carbocycles. The van der Waals surface area contributed by atoms with Crippen LogP contribution in [0.3, 0.4) is 0 Å². The second kappa shape index (κ2) is 5.72. The third-order valence-corrected chi connectivity index (χ3v) is 3.93. The van der Waals surface area contributed by atoms with Crippen molar-refractivity contribution in [3.8, 4) is 0 Å². The van der Waals surface area contributed by atoms with Crippen molar-refractivity contribution < 1.29 is 4.74 Å². The van der Waals surface area contributed by atoms with Crippen LogP contribution in [0.15, 0.2) is 12.1 Å². The van der Waals surface area contributed by atoms with Crippen molar-refractivity contribution in [2.24, 2.45) is 0 Å². The molecule has 0 bridgehead atoms. The van der Waals surface area contributed by atoms with E-state index in [4.69, 9.17) is 4.74 Å². The second-order valence-corrected chi connectivity index (χ2v) is 5.26. The van der Waals surface area contributed by atoms with E-state index in [-0.39, 0.29) is 0 Å². The van der Waals surface area contributed by atoms with Crippen LogP contribution >= 0.6 is 0 Å². The van der Waals surface area contributed by atoms with Gasteiger partial charge in [-0.1, -0.05) is 6.07 Å². The third-order valence-electron chi connectivity index (χ3n) is 3.93. The molecule has 18 heavy (non-hydrogen) atoms. The predicted octanol–water partition coefficient (Wildman–Crippen LogP) is 2.04. The molecule has 0 amide bonds. The van der Waals surface area contributed by atoms with Gasteiger partial charge in [-0.2, -0.15) is 0 Å². The van der Waals surface area contributed by atoms with Crippen LogP contribution in [0, 0.1) is 20.8 Å². The van der Waals surface area contributed by atoms with E-state index in [1.54, 1.807) is 0 Å². The highest BCUT2D eigenvalue weighted by atomic mass is 16.5. The summed E-state index contributed by atoms with van der Waals surface area (Å²) >= 11 is 0. The van der Waals surface area contributed by atoms with Crippen molar-refractivity contribution in [3.63, 3.8) is 0 Å². The first-order valence-corrected chi connectivity index (χ1v) is 6.68. The molecule has 1 saturated heterocycles. The molecule has 1 aromatic rings. The summed E-state index contributed by atoms with van der Waals surface area (Å²) in [4.78, 5) is 2.33. The standard InChI is InChI=1S/C15H24N2O/c1-11-5-6-15(13(3)12(11)2)17(4)9-14-10-18-8-7-16-14/h5-6,14,16H,7-10H2,1-4H3. The van der Waals surface area contributed by atoms with Crippen LogP contribution in [0.4, 0.5) is 5.69 Å². The number of hydrogen-bond acceptors (Lipinski definition) is 3. The van der Waals surface area contributed by atoms with Crippen LogP contribution in [0.5, 0.6) is 0 Å². The zero-order valence-electron chi connectivity index (χ0n) is 11.9. The highest BCUT2D eigenvalue weighted by Gasteiger charge is 2.16. The van der Waals surface area contributed by atoms with Gasteiger partial charge in [-0.25, -0.2) is 0 Å². The van der Waals surface area contributed by atoms with Crippen molar-refractivity contribution in [3.05, 3.63) is 28.8 Å². The number of aryl methyl sites for hydroxylation is 1. The molecule has 1 aromatic carbocycles. The number of likely N-dealkylation sites (N-methyl/N-ethyl adjacent to an activating group) is 1. The fraction of sp³-hybridized carbons (Fsp3) is 0.600. The fourth-order valence-corrected chi connectivity index (χ4v) is 2.52. The fourth-order valence-electron chi connectivity index (χ4n) is 2.52. The molecule has 2 rings (SSSR count). The Kier molecular flexibility index (Phi) is 4.25. The minimum Gasteiger partial charge on any atom is -0.378 e. The summed E-state index contributed by atoms with van der Waals surface area (Å²) in [5, 5.41) is 3.50. The Bertz CT molecular complexity index is 411. The Morgan fingerprint density at radius 2 is 2.06 bits per heavy atom. The highest BCUT2D eigenvalue weighted by molar-refractivity contribution is 5.57. The van der Waals surface area contributed by atoms with E-state index in [2.05, 4.69) is 50.2 Å². The van der Waals surface area contributed by atoms with Gasteiger partial charge in [-0.3, -0.25) is 0 Å². The Balaban J connectivity index is 2.08. The van der Waals surface area contributed by atoms with Gasteiger partial charge in [0.05, 0.1) is 13.2 Å². The van der Waals surface area contributed by atoms with E-state index in [0.29, 0.717) is 6.04 Å². The SMILES string of the molecule is Cc1ccc(N(C)CC2COCCN2)c(C)c1C. The van der Waals surface area contributed by atoms with Gasteiger partial charge in [-0.15, -0.1) is 0 Å². The number of morpholine rings is 1. The van der Waals surface area contributed by atoms with E-state index >= 15 is 0 Å². The normalized spacial score (nSPS) is 19.9. The number of nitrogens with zero attached hydrogens (tertiary/aromatic N) is 1. The van der Waals surface area contributed by atoms with Crippen molar-refractivity contribution in [2.75, 3.05) is 38.3 Å². The Hall–Kier alpha value is -1.06. The minimum atomic E-state index is 0.435. The number of ether oxygens (including phenoxy) is 1. The lowest BCUT2D eigenvalue weighted by atomic mass is 10.0. The Morgan fingerprint density at radius 1 is 1.28 bits per heavy atom. The van der Waals surface area contributed by atoms with E-state index < -0.39 is 0 Å². The minimum absolute atomic E-state index is 0.435. The molecule has 0 aromatic heterocycles. The first-order chi connectivity index (χ1) is 8.59. The largest absolute Gasteiger partial charge is 0.378 e. The summed E-state index contributed by atoms with van der Waals surface area (Å²) < 4.78 is 5.50. The van der Waals surface area contributed by atoms with Gasteiger partial charge in [0.1, 0.15) is 0 Å². The summed E-state index contributed by atoms with van der Waals surface area (Å²) in [5.41, 5.74) is 5.47. The maximum atomic E-state index is 5.50. The van der Waals surface area contributed by atoms with Crippen molar-refractivity contribution in [2.45, 2.75) is 26.8 Å². The Morgan fingerprint density at radius 3 is 2.72 bits per heavy atom. The van der Waals surface area contributed by atoms with E-state index in [0.717, 1.165) is 26.3 Å². The molecule has 1 atom stereocenters. The van der Waals surface area contributed by atoms with Crippen LogP contribution < -0.4 is 10.2 Å². The average Bonchev–Trinajstić information content (AvgIpc) is 2.37. The smallest absolute Gasteiger partial charge is 0.0637 e. The van der Waals surface area contributed by atoms with E-state index in [9.17, 15) is 0 Å². The van der Waals surface area contributed by atoms with Gasteiger partial charge < -0.3 is 15.0 Å². The molecule has 3 nitrogen and oxygen atoms in total. The van der Waals surface area contributed by atoms with Gasteiger partial charge in [0.2, 0.25) is 0 Å². The summed E-state index contributed by atoms with van der Waals surface area (Å²) in [7, 11) is 2.16. The Labute approximate surface area is 110 Å². The summed E-state index contributed by atoms with van der Waals surface area (Å²) in [6.07, 6.45) is 0. The van der Waals surface area contributed by atoms with Gasteiger partial charge in [0.15, 0.2) is 0 Å². The predicted molar refractivity (Wildman–Crippen MR) is 76.5 cm³/mol. The van der Waals surface area contributed by atoms with Crippen molar-refractivity contribution in [1.29, 1.82) is 0 Å². The molecule has 0 saturated carbocycles. The molecule has 100 valence electrons. The molecule has 1 aliphatic heterocycles. The molecule has 1 fully saturated rings. The molecule has 0 spiro atoms. The van der Waals surface area contributed by atoms with Gasteiger partial charge in [-0.05, 0) is 43.5 Å².